The SMILES string of the molecule is O=C(Nc1ccc2nc(C(F)F)[nH]c2c1)C1CCN(Cc2ccc(F)cc2)C1. The molecule has 28 heavy (non-hydrogen) atoms. The Kier molecular flexibility index (Phi) is 5.04. The first-order valence-electron chi connectivity index (χ1n) is 9.03. The van der Waals surface area contributed by atoms with Gasteiger partial charge in [-0.15, -0.1) is 0 Å². The van der Waals surface area contributed by atoms with Gasteiger partial charge in [-0.1, -0.05) is 12.1 Å². The minimum atomic E-state index is -2.67. The van der Waals surface area contributed by atoms with Crippen LogP contribution in [0.15, 0.2) is 42.5 Å². The maximum absolute atomic E-state index is 13.0. The number of nitrogens with zero attached hydrogens (tertiary/aromatic N) is 2. The van der Waals surface area contributed by atoms with Crippen molar-refractivity contribution in [1.82, 2.24) is 14.9 Å². The van der Waals surface area contributed by atoms with Gasteiger partial charge < -0.3 is 10.3 Å². The standard InChI is InChI=1S/C20H19F3N4O/c21-14-3-1-12(2-4-14)10-27-8-7-13(11-27)20(28)24-15-5-6-16-17(9-15)26-19(25-16)18(22)23/h1-6,9,13,18H,7-8,10-11H2,(H,24,28)(H,25,26). The highest BCUT2D eigenvalue weighted by atomic mass is 19.3. The maximum Gasteiger partial charge on any atom is 0.295 e. The van der Waals surface area contributed by atoms with Crippen molar-refractivity contribution in [3.63, 3.8) is 0 Å². The first kappa shape index (κ1) is 18.5. The lowest BCUT2D eigenvalue weighted by Crippen LogP contribution is -2.26. The van der Waals surface area contributed by atoms with Crippen LogP contribution in [0.3, 0.4) is 0 Å². The minimum Gasteiger partial charge on any atom is -0.337 e. The summed E-state index contributed by atoms with van der Waals surface area (Å²) in [5.74, 6) is -0.910. The molecule has 3 aromatic rings. The number of amides is 1. The average molecular weight is 388 g/mol. The molecule has 8 heteroatoms. The number of halogens is 3. The molecule has 2 N–H and O–H groups in total. The first-order valence-corrected chi connectivity index (χ1v) is 9.03. The Balaban J connectivity index is 1.37. The van der Waals surface area contributed by atoms with Crippen molar-refractivity contribution in [2.24, 2.45) is 5.92 Å². The molecule has 1 amide bonds. The molecule has 1 aromatic heterocycles. The summed E-state index contributed by atoms with van der Waals surface area (Å²) in [6, 6.07) is 11.2. The van der Waals surface area contributed by atoms with Gasteiger partial charge in [0.2, 0.25) is 5.91 Å². The Labute approximate surface area is 159 Å². The van der Waals surface area contributed by atoms with E-state index in [-0.39, 0.29) is 23.5 Å². The van der Waals surface area contributed by atoms with Gasteiger partial charge in [-0.3, -0.25) is 9.69 Å². The molecule has 1 unspecified atom stereocenters. The number of carbonyl (C=O) groups is 1. The van der Waals surface area contributed by atoms with E-state index in [1.807, 2.05) is 0 Å². The fourth-order valence-corrected chi connectivity index (χ4v) is 3.49. The second-order valence-corrected chi connectivity index (χ2v) is 6.99. The second kappa shape index (κ2) is 7.63. The Hall–Kier alpha value is -2.87. The number of fused-ring (bicyclic) bond motifs is 1. The van der Waals surface area contributed by atoms with Crippen LogP contribution in [0.2, 0.25) is 0 Å². The molecule has 0 spiro atoms. The van der Waals surface area contributed by atoms with E-state index in [1.54, 1.807) is 30.3 Å². The highest BCUT2D eigenvalue weighted by Crippen LogP contribution is 2.24. The molecule has 0 aliphatic carbocycles. The van der Waals surface area contributed by atoms with Crippen molar-refractivity contribution in [2.75, 3.05) is 18.4 Å². The number of imidazole rings is 1. The zero-order valence-corrected chi connectivity index (χ0v) is 15.0. The van der Waals surface area contributed by atoms with Crippen molar-refractivity contribution in [3.05, 3.63) is 59.7 Å². The second-order valence-electron chi connectivity index (χ2n) is 6.99. The van der Waals surface area contributed by atoms with Gasteiger partial charge in [0.1, 0.15) is 5.82 Å². The monoisotopic (exact) mass is 388 g/mol. The summed E-state index contributed by atoms with van der Waals surface area (Å²) < 4.78 is 38.5. The highest BCUT2D eigenvalue weighted by Gasteiger charge is 2.28. The maximum atomic E-state index is 13.0. The zero-order valence-electron chi connectivity index (χ0n) is 15.0. The quantitative estimate of drug-likeness (QED) is 0.692. The third-order valence-corrected chi connectivity index (χ3v) is 4.94. The molecule has 1 fully saturated rings. The van der Waals surface area contributed by atoms with E-state index in [0.717, 1.165) is 18.5 Å². The molecule has 1 atom stereocenters. The predicted octanol–water partition coefficient (Wildman–Crippen LogP) is 4.10. The summed E-state index contributed by atoms with van der Waals surface area (Å²) in [7, 11) is 0. The van der Waals surface area contributed by atoms with Crippen LogP contribution in [-0.4, -0.2) is 33.9 Å². The summed E-state index contributed by atoms with van der Waals surface area (Å²) in [5.41, 5.74) is 2.43. The van der Waals surface area contributed by atoms with E-state index in [0.29, 0.717) is 29.8 Å². The van der Waals surface area contributed by atoms with Crippen molar-refractivity contribution >= 4 is 22.6 Å². The number of H-pyrrole nitrogens is 1. The lowest BCUT2D eigenvalue weighted by Gasteiger charge is -2.16. The molecule has 0 bridgehead atoms. The number of carbonyl (C=O) groups excluding carboxylic acids is 1. The average Bonchev–Trinajstić information content (AvgIpc) is 3.30. The highest BCUT2D eigenvalue weighted by molar-refractivity contribution is 5.94. The Bertz CT molecular complexity index is 987. The van der Waals surface area contributed by atoms with E-state index >= 15 is 0 Å². The lowest BCUT2D eigenvalue weighted by atomic mass is 10.1. The number of benzene rings is 2. The lowest BCUT2D eigenvalue weighted by molar-refractivity contribution is -0.119. The molecule has 1 saturated heterocycles. The summed E-state index contributed by atoms with van der Waals surface area (Å²) >= 11 is 0. The zero-order chi connectivity index (χ0) is 19.7. The van der Waals surface area contributed by atoms with E-state index in [1.165, 1.54) is 12.1 Å². The summed E-state index contributed by atoms with van der Waals surface area (Å²) in [5, 5.41) is 2.86. The third kappa shape index (κ3) is 4.01. The van der Waals surface area contributed by atoms with Crippen LogP contribution >= 0.6 is 0 Å². The molecule has 2 aromatic carbocycles. The summed E-state index contributed by atoms with van der Waals surface area (Å²) in [6.07, 6.45) is -1.94. The molecule has 146 valence electrons. The normalized spacial score (nSPS) is 17.5. The molecular formula is C20H19F3N4O. The van der Waals surface area contributed by atoms with E-state index in [4.69, 9.17) is 0 Å². The van der Waals surface area contributed by atoms with Gasteiger partial charge >= 0.3 is 0 Å². The molecule has 0 saturated carbocycles. The number of aromatic amines is 1. The first-order chi connectivity index (χ1) is 13.5. The largest absolute Gasteiger partial charge is 0.337 e. The van der Waals surface area contributed by atoms with Gasteiger partial charge in [-0.05, 0) is 48.9 Å². The van der Waals surface area contributed by atoms with Crippen molar-refractivity contribution in [3.8, 4) is 0 Å². The smallest absolute Gasteiger partial charge is 0.295 e. The van der Waals surface area contributed by atoms with Crippen LogP contribution in [0.5, 0.6) is 0 Å². The van der Waals surface area contributed by atoms with Gasteiger partial charge in [-0.2, -0.15) is 0 Å². The predicted molar refractivity (Wildman–Crippen MR) is 99.5 cm³/mol. The molecular weight excluding hydrogens is 369 g/mol. The van der Waals surface area contributed by atoms with E-state index in [2.05, 4.69) is 20.2 Å². The molecule has 0 radical (unpaired) electrons. The summed E-state index contributed by atoms with van der Waals surface area (Å²) in [4.78, 5) is 21.1. The van der Waals surface area contributed by atoms with Crippen LogP contribution in [0.1, 0.15) is 24.2 Å². The molecule has 1 aliphatic heterocycles. The van der Waals surface area contributed by atoms with E-state index < -0.39 is 6.43 Å². The number of aromatic nitrogens is 2. The van der Waals surface area contributed by atoms with Gasteiger partial charge in [0.05, 0.1) is 17.0 Å². The summed E-state index contributed by atoms with van der Waals surface area (Å²) in [6.45, 7) is 2.07. The Morgan fingerprint density at radius 2 is 2.04 bits per heavy atom. The number of hydrogen-bond acceptors (Lipinski definition) is 3. The molecule has 2 heterocycles. The van der Waals surface area contributed by atoms with Crippen molar-refractivity contribution in [2.45, 2.75) is 19.4 Å². The number of hydrogen-bond donors (Lipinski definition) is 2. The van der Waals surface area contributed by atoms with Crippen LogP contribution < -0.4 is 5.32 Å². The molecule has 1 aliphatic rings. The van der Waals surface area contributed by atoms with Gasteiger partial charge in [-0.25, -0.2) is 18.2 Å². The minimum absolute atomic E-state index is 0.102. The van der Waals surface area contributed by atoms with Crippen LogP contribution in [0.25, 0.3) is 11.0 Å². The van der Waals surface area contributed by atoms with E-state index in [9.17, 15) is 18.0 Å². The van der Waals surface area contributed by atoms with Gasteiger partial charge in [0.25, 0.3) is 6.43 Å². The number of nitrogens with one attached hydrogen (secondary N) is 2. The topological polar surface area (TPSA) is 61.0 Å². The number of rotatable bonds is 5. The van der Waals surface area contributed by atoms with Crippen molar-refractivity contribution in [1.29, 1.82) is 0 Å². The van der Waals surface area contributed by atoms with Crippen LogP contribution in [0.4, 0.5) is 18.9 Å². The number of likely N-dealkylation sites (tertiary alicyclic amines) is 1. The van der Waals surface area contributed by atoms with Gasteiger partial charge in [0, 0.05) is 18.8 Å². The van der Waals surface area contributed by atoms with Crippen LogP contribution in [-0.2, 0) is 11.3 Å². The Morgan fingerprint density at radius 3 is 2.79 bits per heavy atom. The van der Waals surface area contributed by atoms with Crippen LogP contribution in [0, 0.1) is 11.7 Å². The molecule has 4 rings (SSSR count). The fourth-order valence-electron chi connectivity index (χ4n) is 3.49. The fraction of sp³-hybridized carbons (Fsp3) is 0.300. The third-order valence-electron chi connectivity index (χ3n) is 4.94. The van der Waals surface area contributed by atoms with Gasteiger partial charge in [0.15, 0.2) is 5.82 Å². The van der Waals surface area contributed by atoms with Crippen molar-refractivity contribution < 1.29 is 18.0 Å². The Morgan fingerprint density at radius 1 is 1.25 bits per heavy atom. The molecule has 5 nitrogen and oxygen atoms in total. The number of alkyl halides is 2. The number of anilines is 1.